The van der Waals surface area contributed by atoms with E-state index in [-0.39, 0.29) is 18.9 Å². The molecule has 2 aromatic carbocycles. The second-order valence-electron chi connectivity index (χ2n) is 9.60. The Morgan fingerprint density at radius 1 is 0.868 bits per heavy atom. The molecule has 1 aliphatic carbocycles. The summed E-state index contributed by atoms with van der Waals surface area (Å²) < 4.78 is 141. The Kier molecular flexibility index (Phi) is 7.47. The highest BCUT2D eigenvalue weighted by molar-refractivity contribution is 7.92. The van der Waals surface area contributed by atoms with Gasteiger partial charge in [0.05, 0.1) is 31.2 Å². The lowest BCUT2D eigenvalue weighted by atomic mass is 9.73. The third-order valence-electron chi connectivity index (χ3n) is 6.61. The summed E-state index contributed by atoms with van der Waals surface area (Å²) in [5.74, 6) is -3.08. The first-order chi connectivity index (χ1) is 17.0. The summed E-state index contributed by atoms with van der Waals surface area (Å²) in [7, 11) is -8.73. The maximum absolute atomic E-state index is 13.8. The van der Waals surface area contributed by atoms with Gasteiger partial charge in [-0.25, -0.2) is 21.2 Å². The summed E-state index contributed by atoms with van der Waals surface area (Å²) in [5, 5.41) is 2.45. The minimum Gasteiger partial charge on any atom is -0.349 e. The first-order valence-electron chi connectivity index (χ1n) is 10.9. The van der Waals surface area contributed by atoms with Crippen LogP contribution in [-0.4, -0.2) is 39.8 Å². The molecule has 0 radical (unpaired) electrons. The Hall–Kier alpha value is -2.68. The molecule has 0 heterocycles. The van der Waals surface area contributed by atoms with Crippen molar-refractivity contribution in [2.75, 3.05) is 6.26 Å². The van der Waals surface area contributed by atoms with Crippen molar-refractivity contribution in [2.24, 2.45) is 5.92 Å². The average Bonchev–Trinajstić information content (AvgIpc) is 2.72. The monoisotopic (exact) mass is 589 g/mol. The van der Waals surface area contributed by atoms with Crippen molar-refractivity contribution in [1.82, 2.24) is 5.32 Å². The van der Waals surface area contributed by atoms with E-state index >= 15 is 0 Å². The average molecular weight is 590 g/mol. The maximum Gasteiger partial charge on any atom is 0.416 e. The number of amides is 1. The molecule has 0 saturated heterocycles. The molecule has 0 atom stereocenters. The quantitative estimate of drug-likeness (QED) is 0.477. The smallest absolute Gasteiger partial charge is 0.349 e. The Labute approximate surface area is 214 Å². The van der Waals surface area contributed by atoms with Crippen molar-refractivity contribution < 1.29 is 52.4 Å². The van der Waals surface area contributed by atoms with Gasteiger partial charge < -0.3 is 5.32 Å². The lowest BCUT2D eigenvalue weighted by molar-refractivity contribution is -0.138. The zero-order valence-corrected chi connectivity index (χ0v) is 21.7. The van der Waals surface area contributed by atoms with Gasteiger partial charge in [-0.05, 0) is 69.0 Å². The third-order valence-corrected chi connectivity index (χ3v) is 10.3. The van der Waals surface area contributed by atoms with E-state index in [1.54, 1.807) is 0 Å². The van der Waals surface area contributed by atoms with Gasteiger partial charge in [0.2, 0.25) is 0 Å². The summed E-state index contributed by atoms with van der Waals surface area (Å²) in [6.07, 6.45) is -9.17. The Bertz CT molecular complexity index is 1470. The Morgan fingerprint density at radius 3 is 1.92 bits per heavy atom. The molecule has 6 nitrogen and oxygen atoms in total. The van der Waals surface area contributed by atoms with E-state index in [1.807, 2.05) is 0 Å². The zero-order valence-electron chi connectivity index (χ0n) is 20.0. The molecular formula is C23H22F7NO5S2. The number of nitrogens with one attached hydrogen (secondary N) is 1. The molecule has 0 aromatic heterocycles. The molecule has 2 aromatic rings. The molecule has 1 aliphatic rings. The van der Waals surface area contributed by atoms with Crippen LogP contribution in [0.4, 0.5) is 30.7 Å². The van der Waals surface area contributed by atoms with Crippen LogP contribution in [0.1, 0.15) is 48.2 Å². The van der Waals surface area contributed by atoms with E-state index in [2.05, 4.69) is 5.32 Å². The van der Waals surface area contributed by atoms with E-state index in [0.717, 1.165) is 6.07 Å². The number of carbonyl (C=O) groups is 1. The number of carbonyl (C=O) groups excluding carboxylic acids is 1. The largest absolute Gasteiger partial charge is 0.416 e. The molecule has 0 spiro atoms. The molecule has 1 saturated carbocycles. The minimum absolute atomic E-state index is 0.00819. The van der Waals surface area contributed by atoms with Crippen LogP contribution in [-0.2, 0) is 32.0 Å². The zero-order chi connectivity index (χ0) is 29.1. The van der Waals surface area contributed by atoms with Gasteiger partial charge in [0.25, 0.3) is 5.91 Å². The number of alkyl halides is 6. The van der Waals surface area contributed by atoms with E-state index in [9.17, 15) is 52.4 Å². The van der Waals surface area contributed by atoms with Crippen LogP contribution in [0.25, 0.3) is 0 Å². The molecule has 15 heteroatoms. The highest BCUT2D eigenvalue weighted by atomic mass is 32.2. The fourth-order valence-corrected chi connectivity index (χ4v) is 6.85. The van der Waals surface area contributed by atoms with Crippen molar-refractivity contribution >= 4 is 25.6 Å². The highest BCUT2D eigenvalue weighted by Gasteiger charge is 2.49. The van der Waals surface area contributed by atoms with Crippen LogP contribution in [0.3, 0.4) is 0 Å². The van der Waals surface area contributed by atoms with Crippen molar-refractivity contribution in [1.29, 1.82) is 0 Å². The van der Waals surface area contributed by atoms with Crippen LogP contribution in [0, 0.1) is 11.7 Å². The van der Waals surface area contributed by atoms with Crippen molar-refractivity contribution in [3.8, 4) is 0 Å². The Balaban J connectivity index is 1.80. The Morgan fingerprint density at radius 2 is 1.42 bits per heavy atom. The summed E-state index contributed by atoms with van der Waals surface area (Å²) >= 11 is 0. The standard InChI is InChI=1S/C23H22F7NO5S2/c1-21(2,38(35,36)17-9-14(23(28,29)30)6-15(24)11-17)13-7-16(8-13)31-20(32)18-5-4-12(22(25,26)27)10-19(18)37(3,33)34/h4-6,9-11,13,16H,7-8H2,1-3H3,(H,31,32)/t13-,16-. The molecule has 0 aliphatic heterocycles. The van der Waals surface area contributed by atoms with Crippen molar-refractivity contribution in [3.05, 3.63) is 58.9 Å². The SMILES string of the molecule is CC(C)([C@H]1C[C@H](NC(=O)c2ccc(C(F)(F)F)cc2S(C)(=O)=O)C1)S(=O)(=O)c1cc(F)cc(C(F)(F)F)c1. The van der Waals surface area contributed by atoms with Gasteiger partial charge in [0, 0.05) is 12.3 Å². The second-order valence-corrected chi connectivity index (χ2v) is 14.1. The molecule has 210 valence electrons. The van der Waals surface area contributed by atoms with Crippen molar-refractivity contribution in [3.63, 3.8) is 0 Å². The van der Waals surface area contributed by atoms with Crippen LogP contribution < -0.4 is 5.32 Å². The molecule has 0 unspecified atom stereocenters. The molecular weight excluding hydrogens is 567 g/mol. The number of hydrogen-bond donors (Lipinski definition) is 1. The van der Waals surface area contributed by atoms with Gasteiger partial charge in [-0.15, -0.1) is 0 Å². The van der Waals surface area contributed by atoms with Crippen LogP contribution >= 0.6 is 0 Å². The van der Waals surface area contributed by atoms with Gasteiger partial charge in [0.1, 0.15) is 5.82 Å². The number of hydrogen-bond acceptors (Lipinski definition) is 5. The third kappa shape index (κ3) is 5.82. The fraction of sp³-hybridized carbons (Fsp3) is 0.435. The second kappa shape index (κ2) is 9.50. The number of halogens is 7. The van der Waals surface area contributed by atoms with Gasteiger partial charge >= 0.3 is 12.4 Å². The van der Waals surface area contributed by atoms with Crippen LogP contribution in [0.5, 0.6) is 0 Å². The molecule has 3 rings (SSSR count). The molecule has 0 bridgehead atoms. The van der Waals surface area contributed by atoms with Gasteiger partial charge in [-0.2, -0.15) is 26.3 Å². The topological polar surface area (TPSA) is 97.4 Å². The minimum atomic E-state index is -4.98. The van der Waals surface area contributed by atoms with E-state index < -0.39 is 86.9 Å². The van der Waals surface area contributed by atoms with E-state index in [1.165, 1.54) is 13.8 Å². The van der Waals surface area contributed by atoms with Crippen LogP contribution in [0.15, 0.2) is 46.2 Å². The summed E-state index contributed by atoms with van der Waals surface area (Å²) in [6, 6.07) is 1.93. The molecule has 1 N–H and O–H groups in total. The number of rotatable bonds is 6. The lowest BCUT2D eigenvalue weighted by Gasteiger charge is -2.45. The molecule has 38 heavy (non-hydrogen) atoms. The predicted octanol–water partition coefficient (Wildman–Crippen LogP) is 5.03. The lowest BCUT2D eigenvalue weighted by Crippen LogP contribution is -2.53. The van der Waals surface area contributed by atoms with Gasteiger partial charge in [0.15, 0.2) is 19.7 Å². The number of sulfone groups is 2. The first-order valence-corrected chi connectivity index (χ1v) is 14.3. The van der Waals surface area contributed by atoms with E-state index in [0.29, 0.717) is 30.5 Å². The predicted molar refractivity (Wildman–Crippen MR) is 121 cm³/mol. The molecule has 1 fully saturated rings. The summed E-state index contributed by atoms with van der Waals surface area (Å²) in [5.41, 5.74) is -3.27. The van der Waals surface area contributed by atoms with Gasteiger partial charge in [-0.3, -0.25) is 4.79 Å². The highest BCUT2D eigenvalue weighted by Crippen LogP contribution is 2.44. The normalized spacial score (nSPS) is 19.1. The summed E-state index contributed by atoms with van der Waals surface area (Å²) in [6.45, 7) is 2.50. The first kappa shape index (κ1) is 29.9. The number of benzene rings is 2. The van der Waals surface area contributed by atoms with Crippen molar-refractivity contribution in [2.45, 2.75) is 59.6 Å². The van der Waals surface area contributed by atoms with E-state index in [4.69, 9.17) is 0 Å². The van der Waals surface area contributed by atoms with Gasteiger partial charge in [-0.1, -0.05) is 0 Å². The fourth-order valence-electron chi connectivity index (χ4n) is 4.16. The van der Waals surface area contributed by atoms with Crippen LogP contribution in [0.2, 0.25) is 0 Å². The summed E-state index contributed by atoms with van der Waals surface area (Å²) in [4.78, 5) is 11.0. The molecule has 1 amide bonds. The maximum atomic E-state index is 13.8.